The first kappa shape index (κ1) is 11.5. The molecule has 0 bridgehead atoms. The van der Waals surface area contributed by atoms with E-state index in [4.69, 9.17) is 4.52 Å². The molecule has 0 amide bonds. The highest BCUT2D eigenvalue weighted by Crippen LogP contribution is 2.16. The summed E-state index contributed by atoms with van der Waals surface area (Å²) in [7, 11) is 0. The average Bonchev–Trinajstić information content (AvgIpc) is 2.78. The highest BCUT2D eigenvalue weighted by molar-refractivity contribution is 5.79. The molecule has 0 radical (unpaired) electrons. The summed E-state index contributed by atoms with van der Waals surface area (Å²) in [5, 5.41) is 3.87. The molecular formula is C13H14N2O2. The zero-order valence-electron chi connectivity index (χ0n) is 9.93. The lowest BCUT2D eigenvalue weighted by Gasteiger charge is -1.94. The summed E-state index contributed by atoms with van der Waals surface area (Å²) in [6.45, 7) is 3.84. The van der Waals surface area contributed by atoms with Gasteiger partial charge >= 0.3 is 0 Å². The topological polar surface area (TPSA) is 56.0 Å². The smallest absolute Gasteiger partial charge is 0.234 e. The number of ketones is 1. The molecule has 0 aliphatic carbocycles. The predicted molar refractivity (Wildman–Crippen MR) is 63.5 cm³/mol. The molecule has 2 rings (SSSR count). The molecule has 0 N–H and O–H groups in total. The highest BCUT2D eigenvalue weighted by Gasteiger charge is 2.11. The Morgan fingerprint density at radius 2 is 2.00 bits per heavy atom. The number of hydrogen-bond donors (Lipinski definition) is 0. The van der Waals surface area contributed by atoms with Crippen LogP contribution < -0.4 is 0 Å². The number of aromatic nitrogens is 2. The van der Waals surface area contributed by atoms with Gasteiger partial charge in [-0.2, -0.15) is 4.98 Å². The second kappa shape index (κ2) is 4.91. The van der Waals surface area contributed by atoms with Gasteiger partial charge in [0.25, 0.3) is 0 Å². The summed E-state index contributed by atoms with van der Waals surface area (Å²) in [4.78, 5) is 15.4. The first-order chi connectivity index (χ1) is 8.19. The Morgan fingerprint density at radius 1 is 1.29 bits per heavy atom. The first-order valence-electron chi connectivity index (χ1n) is 5.60. The van der Waals surface area contributed by atoms with Crippen molar-refractivity contribution in [3.05, 3.63) is 35.7 Å². The zero-order chi connectivity index (χ0) is 12.3. The van der Waals surface area contributed by atoms with Gasteiger partial charge in [0, 0.05) is 12.0 Å². The molecule has 88 valence electrons. The number of hydrogen-bond acceptors (Lipinski definition) is 4. The van der Waals surface area contributed by atoms with Crippen molar-refractivity contribution in [2.24, 2.45) is 0 Å². The fraction of sp³-hybridized carbons (Fsp3) is 0.308. The van der Waals surface area contributed by atoms with Gasteiger partial charge in [-0.25, -0.2) is 0 Å². The Hall–Kier alpha value is -1.97. The van der Waals surface area contributed by atoms with Crippen molar-refractivity contribution in [1.82, 2.24) is 10.1 Å². The lowest BCUT2D eigenvalue weighted by atomic mass is 10.1. The van der Waals surface area contributed by atoms with Crippen LogP contribution >= 0.6 is 0 Å². The van der Waals surface area contributed by atoms with Gasteiger partial charge < -0.3 is 4.52 Å². The minimum Gasteiger partial charge on any atom is -0.339 e. The number of carbonyl (C=O) groups excluding carboxylic acids is 1. The van der Waals surface area contributed by atoms with Gasteiger partial charge in [-0.3, -0.25) is 4.79 Å². The standard InChI is InChI=1S/C13H14N2O2/c1-3-11(16)8-12-14-13(15-17-12)10-6-4-9(2)5-7-10/h4-7H,3,8H2,1-2H3. The van der Waals surface area contributed by atoms with Gasteiger partial charge in [0.15, 0.2) is 0 Å². The number of benzene rings is 1. The Kier molecular flexibility index (Phi) is 3.32. The van der Waals surface area contributed by atoms with E-state index < -0.39 is 0 Å². The Morgan fingerprint density at radius 3 is 2.65 bits per heavy atom. The largest absolute Gasteiger partial charge is 0.339 e. The van der Waals surface area contributed by atoms with Crippen LogP contribution in [0.1, 0.15) is 24.8 Å². The van der Waals surface area contributed by atoms with Crippen LogP contribution in [-0.2, 0) is 11.2 Å². The van der Waals surface area contributed by atoms with Crippen LogP contribution in [0.4, 0.5) is 0 Å². The number of aryl methyl sites for hydroxylation is 1. The third-order valence-electron chi connectivity index (χ3n) is 2.52. The molecule has 4 heteroatoms. The maximum Gasteiger partial charge on any atom is 0.234 e. The molecule has 0 atom stereocenters. The maximum atomic E-state index is 11.2. The molecular weight excluding hydrogens is 216 g/mol. The first-order valence-corrected chi connectivity index (χ1v) is 5.60. The third kappa shape index (κ3) is 2.78. The Balaban J connectivity index is 2.18. The number of Topliss-reactive ketones (excluding diaryl/α,β-unsaturated/α-hetero) is 1. The lowest BCUT2D eigenvalue weighted by molar-refractivity contribution is -0.118. The zero-order valence-corrected chi connectivity index (χ0v) is 9.93. The molecule has 0 unspecified atom stereocenters. The predicted octanol–water partition coefficient (Wildman–Crippen LogP) is 2.57. The van der Waals surface area contributed by atoms with E-state index in [-0.39, 0.29) is 12.2 Å². The third-order valence-corrected chi connectivity index (χ3v) is 2.52. The van der Waals surface area contributed by atoms with E-state index in [2.05, 4.69) is 10.1 Å². The van der Waals surface area contributed by atoms with Gasteiger partial charge in [-0.1, -0.05) is 41.9 Å². The van der Waals surface area contributed by atoms with Gasteiger partial charge in [-0.05, 0) is 6.92 Å². The van der Waals surface area contributed by atoms with Crippen molar-refractivity contribution in [2.75, 3.05) is 0 Å². The monoisotopic (exact) mass is 230 g/mol. The van der Waals surface area contributed by atoms with Crippen LogP contribution in [-0.4, -0.2) is 15.9 Å². The Bertz CT molecular complexity index is 514. The molecule has 1 aromatic heterocycles. The van der Waals surface area contributed by atoms with E-state index >= 15 is 0 Å². The van der Waals surface area contributed by atoms with Crippen LogP contribution in [0.5, 0.6) is 0 Å². The molecule has 2 aromatic rings. The molecule has 17 heavy (non-hydrogen) atoms. The summed E-state index contributed by atoms with van der Waals surface area (Å²) in [6.07, 6.45) is 0.706. The summed E-state index contributed by atoms with van der Waals surface area (Å²) < 4.78 is 5.04. The van der Waals surface area contributed by atoms with Crippen molar-refractivity contribution < 1.29 is 9.32 Å². The number of nitrogens with zero attached hydrogens (tertiary/aromatic N) is 2. The fourth-order valence-corrected chi connectivity index (χ4v) is 1.44. The molecule has 0 saturated heterocycles. The van der Waals surface area contributed by atoms with Crippen molar-refractivity contribution in [3.63, 3.8) is 0 Å². The molecule has 0 aliphatic rings. The molecule has 4 nitrogen and oxygen atoms in total. The summed E-state index contributed by atoms with van der Waals surface area (Å²) in [5.41, 5.74) is 2.08. The van der Waals surface area contributed by atoms with E-state index in [9.17, 15) is 4.79 Å². The number of carbonyl (C=O) groups is 1. The van der Waals surface area contributed by atoms with Gasteiger partial charge in [-0.15, -0.1) is 0 Å². The molecule has 0 saturated carbocycles. The average molecular weight is 230 g/mol. The van der Waals surface area contributed by atoms with Crippen LogP contribution in [0.15, 0.2) is 28.8 Å². The molecule has 1 heterocycles. The van der Waals surface area contributed by atoms with E-state index in [1.165, 1.54) is 5.56 Å². The lowest BCUT2D eigenvalue weighted by Crippen LogP contribution is -2.00. The van der Waals surface area contributed by atoms with E-state index in [1.807, 2.05) is 38.1 Å². The van der Waals surface area contributed by atoms with Crippen LogP contribution in [0.2, 0.25) is 0 Å². The van der Waals surface area contributed by atoms with Crippen molar-refractivity contribution in [2.45, 2.75) is 26.7 Å². The Labute approximate surface area is 99.7 Å². The van der Waals surface area contributed by atoms with Crippen LogP contribution in [0.25, 0.3) is 11.4 Å². The second-order valence-corrected chi connectivity index (χ2v) is 3.95. The quantitative estimate of drug-likeness (QED) is 0.810. The second-order valence-electron chi connectivity index (χ2n) is 3.95. The fourth-order valence-electron chi connectivity index (χ4n) is 1.44. The molecule has 1 aromatic carbocycles. The van der Waals surface area contributed by atoms with Crippen molar-refractivity contribution in [1.29, 1.82) is 0 Å². The molecule has 0 fully saturated rings. The van der Waals surface area contributed by atoms with Crippen molar-refractivity contribution in [3.8, 4) is 11.4 Å². The highest BCUT2D eigenvalue weighted by atomic mass is 16.5. The summed E-state index contributed by atoms with van der Waals surface area (Å²) >= 11 is 0. The molecule has 0 aliphatic heterocycles. The normalized spacial score (nSPS) is 10.5. The van der Waals surface area contributed by atoms with E-state index in [0.717, 1.165) is 5.56 Å². The minimum atomic E-state index is 0.101. The SMILES string of the molecule is CCC(=O)Cc1nc(-c2ccc(C)cc2)no1. The maximum absolute atomic E-state index is 11.2. The van der Waals surface area contributed by atoms with E-state index in [0.29, 0.717) is 18.1 Å². The van der Waals surface area contributed by atoms with Crippen LogP contribution in [0, 0.1) is 6.92 Å². The minimum absolute atomic E-state index is 0.101. The van der Waals surface area contributed by atoms with Crippen LogP contribution in [0.3, 0.4) is 0 Å². The summed E-state index contributed by atoms with van der Waals surface area (Å²) in [6, 6.07) is 7.85. The van der Waals surface area contributed by atoms with E-state index in [1.54, 1.807) is 0 Å². The van der Waals surface area contributed by atoms with Gasteiger partial charge in [0.2, 0.25) is 11.7 Å². The number of rotatable bonds is 4. The van der Waals surface area contributed by atoms with Crippen molar-refractivity contribution >= 4 is 5.78 Å². The molecule has 0 spiro atoms. The van der Waals surface area contributed by atoms with Gasteiger partial charge in [0.05, 0.1) is 6.42 Å². The van der Waals surface area contributed by atoms with Gasteiger partial charge in [0.1, 0.15) is 5.78 Å². The summed E-state index contributed by atoms with van der Waals surface area (Å²) in [5.74, 6) is 1.01.